The summed E-state index contributed by atoms with van der Waals surface area (Å²) >= 11 is 0. The van der Waals surface area contributed by atoms with Crippen LogP contribution in [-0.2, 0) is 11.3 Å². The van der Waals surface area contributed by atoms with Gasteiger partial charge in [0.2, 0.25) is 0 Å². The second kappa shape index (κ2) is 6.00. The van der Waals surface area contributed by atoms with Gasteiger partial charge in [0.15, 0.2) is 0 Å². The van der Waals surface area contributed by atoms with Gasteiger partial charge in [-0.2, -0.15) is 0 Å². The lowest BCUT2D eigenvalue weighted by Crippen LogP contribution is -2.48. The van der Waals surface area contributed by atoms with Crippen LogP contribution in [0.5, 0.6) is 5.75 Å². The van der Waals surface area contributed by atoms with E-state index in [0.717, 1.165) is 32.1 Å². The Hall–Kier alpha value is -1.10. The zero-order valence-corrected chi connectivity index (χ0v) is 10.3. The summed E-state index contributed by atoms with van der Waals surface area (Å²) in [5, 5.41) is 0. The van der Waals surface area contributed by atoms with Crippen LogP contribution >= 0.6 is 0 Å². The summed E-state index contributed by atoms with van der Waals surface area (Å²) in [5.41, 5.74) is 7.01. The van der Waals surface area contributed by atoms with Gasteiger partial charge >= 0.3 is 0 Å². The monoisotopic (exact) mass is 236 g/mol. The largest absolute Gasteiger partial charge is 0.497 e. The highest BCUT2D eigenvalue weighted by atomic mass is 16.5. The molecule has 2 rings (SSSR count). The van der Waals surface area contributed by atoms with Crippen LogP contribution in [0.2, 0.25) is 0 Å². The molecule has 0 radical (unpaired) electrons. The third kappa shape index (κ3) is 3.19. The van der Waals surface area contributed by atoms with Gasteiger partial charge in [-0.25, -0.2) is 0 Å². The Morgan fingerprint density at radius 3 is 3.18 bits per heavy atom. The van der Waals surface area contributed by atoms with Gasteiger partial charge in [0.1, 0.15) is 5.75 Å². The van der Waals surface area contributed by atoms with Crippen LogP contribution in [0.3, 0.4) is 0 Å². The lowest BCUT2D eigenvalue weighted by Gasteiger charge is -2.34. The number of methoxy groups -OCH3 is 1. The second-order valence-corrected chi connectivity index (χ2v) is 4.29. The summed E-state index contributed by atoms with van der Waals surface area (Å²) < 4.78 is 10.7. The highest BCUT2D eigenvalue weighted by Gasteiger charge is 2.21. The van der Waals surface area contributed by atoms with E-state index >= 15 is 0 Å². The van der Waals surface area contributed by atoms with Crippen LogP contribution in [0.4, 0.5) is 0 Å². The maximum absolute atomic E-state index is 5.76. The zero-order chi connectivity index (χ0) is 12.1. The van der Waals surface area contributed by atoms with E-state index in [1.165, 1.54) is 5.56 Å². The summed E-state index contributed by atoms with van der Waals surface area (Å²) in [5.74, 6) is 0.903. The van der Waals surface area contributed by atoms with Gasteiger partial charge in [-0.15, -0.1) is 0 Å². The Labute approximate surface area is 102 Å². The van der Waals surface area contributed by atoms with Crippen LogP contribution in [-0.4, -0.2) is 44.4 Å². The van der Waals surface area contributed by atoms with Gasteiger partial charge in [-0.3, -0.25) is 4.90 Å². The van der Waals surface area contributed by atoms with Crippen molar-refractivity contribution in [2.24, 2.45) is 5.73 Å². The van der Waals surface area contributed by atoms with Gasteiger partial charge in [-0.05, 0) is 17.7 Å². The van der Waals surface area contributed by atoms with Crippen LogP contribution in [0, 0.1) is 0 Å². The number of ether oxygens (including phenoxy) is 2. The van der Waals surface area contributed by atoms with Crippen molar-refractivity contribution >= 4 is 0 Å². The molecule has 1 atom stereocenters. The van der Waals surface area contributed by atoms with Crippen LogP contribution < -0.4 is 10.5 Å². The predicted molar refractivity (Wildman–Crippen MR) is 67.1 cm³/mol. The molecule has 17 heavy (non-hydrogen) atoms. The van der Waals surface area contributed by atoms with E-state index in [1.54, 1.807) is 7.11 Å². The molecule has 0 spiro atoms. The van der Waals surface area contributed by atoms with Gasteiger partial charge in [0, 0.05) is 25.7 Å². The van der Waals surface area contributed by atoms with E-state index in [1.807, 2.05) is 12.1 Å². The lowest BCUT2D eigenvalue weighted by atomic mass is 10.1. The Bertz CT molecular complexity index is 357. The second-order valence-electron chi connectivity index (χ2n) is 4.29. The van der Waals surface area contributed by atoms with Gasteiger partial charge in [0.25, 0.3) is 0 Å². The summed E-state index contributed by atoms with van der Waals surface area (Å²) in [4.78, 5) is 2.37. The molecule has 1 aliphatic heterocycles. The maximum Gasteiger partial charge on any atom is 0.119 e. The van der Waals surface area contributed by atoms with Crippen molar-refractivity contribution in [2.45, 2.75) is 12.6 Å². The van der Waals surface area contributed by atoms with E-state index in [4.69, 9.17) is 15.2 Å². The molecule has 1 aliphatic rings. The molecule has 4 heteroatoms. The van der Waals surface area contributed by atoms with E-state index < -0.39 is 0 Å². The molecule has 1 aromatic carbocycles. The third-order valence-corrected chi connectivity index (χ3v) is 3.14. The van der Waals surface area contributed by atoms with Gasteiger partial charge in [-0.1, -0.05) is 12.1 Å². The number of hydrogen-bond acceptors (Lipinski definition) is 4. The van der Waals surface area contributed by atoms with E-state index in [-0.39, 0.29) is 0 Å². The van der Waals surface area contributed by atoms with Crippen molar-refractivity contribution in [1.82, 2.24) is 4.90 Å². The molecule has 0 amide bonds. The van der Waals surface area contributed by atoms with Gasteiger partial charge in [0.05, 0.1) is 20.3 Å². The Kier molecular flexibility index (Phi) is 4.36. The standard InChI is InChI=1S/C13H20N2O2/c1-16-13-4-2-3-11(7-13)9-15-5-6-17-10-12(15)8-14/h2-4,7,12H,5-6,8-10,14H2,1H3. The predicted octanol–water partition coefficient (Wildman–Crippen LogP) is 0.855. The van der Waals surface area contributed by atoms with Gasteiger partial charge < -0.3 is 15.2 Å². The minimum absolute atomic E-state index is 0.329. The number of nitrogens with two attached hydrogens (primary N) is 1. The number of morpholine rings is 1. The summed E-state index contributed by atoms with van der Waals surface area (Å²) in [7, 11) is 1.69. The SMILES string of the molecule is COc1cccc(CN2CCOCC2CN)c1. The lowest BCUT2D eigenvalue weighted by molar-refractivity contribution is -0.00794. The average Bonchev–Trinajstić information content (AvgIpc) is 2.39. The van der Waals surface area contributed by atoms with E-state index in [2.05, 4.69) is 17.0 Å². The van der Waals surface area contributed by atoms with Crippen LogP contribution in [0.1, 0.15) is 5.56 Å². The number of nitrogens with zero attached hydrogens (tertiary/aromatic N) is 1. The number of rotatable bonds is 4. The fourth-order valence-electron chi connectivity index (χ4n) is 2.12. The molecule has 1 unspecified atom stereocenters. The fraction of sp³-hybridized carbons (Fsp3) is 0.538. The molecule has 4 nitrogen and oxygen atoms in total. The first kappa shape index (κ1) is 12.4. The van der Waals surface area contributed by atoms with Crippen LogP contribution in [0.15, 0.2) is 24.3 Å². The molecule has 0 saturated carbocycles. The summed E-state index contributed by atoms with van der Waals surface area (Å²) in [6, 6.07) is 8.50. The molecule has 0 bridgehead atoms. The quantitative estimate of drug-likeness (QED) is 0.842. The van der Waals surface area contributed by atoms with E-state index in [0.29, 0.717) is 12.6 Å². The fourth-order valence-corrected chi connectivity index (χ4v) is 2.12. The maximum atomic E-state index is 5.76. The molecule has 0 aliphatic carbocycles. The molecule has 0 aromatic heterocycles. The van der Waals surface area contributed by atoms with E-state index in [9.17, 15) is 0 Å². The topological polar surface area (TPSA) is 47.7 Å². The molecule has 94 valence electrons. The summed E-state index contributed by atoms with van der Waals surface area (Å²) in [6.07, 6.45) is 0. The molecule has 2 N–H and O–H groups in total. The smallest absolute Gasteiger partial charge is 0.119 e. The van der Waals surface area contributed by atoms with Crippen molar-refractivity contribution in [1.29, 1.82) is 0 Å². The minimum atomic E-state index is 0.329. The van der Waals surface area contributed by atoms with Crippen molar-refractivity contribution in [2.75, 3.05) is 33.4 Å². The Balaban J connectivity index is 2.02. The average molecular weight is 236 g/mol. The number of benzene rings is 1. The first-order chi connectivity index (χ1) is 8.33. The Morgan fingerprint density at radius 1 is 1.53 bits per heavy atom. The highest BCUT2D eigenvalue weighted by molar-refractivity contribution is 5.28. The zero-order valence-electron chi connectivity index (χ0n) is 10.3. The molecule has 1 aromatic rings. The highest BCUT2D eigenvalue weighted by Crippen LogP contribution is 2.16. The van der Waals surface area contributed by atoms with Crippen molar-refractivity contribution < 1.29 is 9.47 Å². The molecule has 1 saturated heterocycles. The third-order valence-electron chi connectivity index (χ3n) is 3.14. The van der Waals surface area contributed by atoms with Crippen molar-refractivity contribution in [3.63, 3.8) is 0 Å². The molecular formula is C13H20N2O2. The minimum Gasteiger partial charge on any atom is -0.497 e. The molecule has 1 fully saturated rings. The van der Waals surface area contributed by atoms with Crippen molar-refractivity contribution in [3.05, 3.63) is 29.8 Å². The molecular weight excluding hydrogens is 216 g/mol. The molecule has 1 heterocycles. The van der Waals surface area contributed by atoms with Crippen LogP contribution in [0.25, 0.3) is 0 Å². The first-order valence-corrected chi connectivity index (χ1v) is 5.98. The normalized spacial score (nSPS) is 21.4. The van der Waals surface area contributed by atoms with Crippen molar-refractivity contribution in [3.8, 4) is 5.75 Å². The Morgan fingerprint density at radius 2 is 2.41 bits per heavy atom. The summed E-state index contributed by atoms with van der Waals surface area (Å²) in [6.45, 7) is 4.02. The number of hydrogen-bond donors (Lipinski definition) is 1. The first-order valence-electron chi connectivity index (χ1n) is 5.98.